The molecule has 0 aromatic carbocycles. The first-order valence-electron chi connectivity index (χ1n) is 5.42. The Morgan fingerprint density at radius 1 is 1.29 bits per heavy atom. The van der Waals surface area contributed by atoms with E-state index >= 15 is 0 Å². The van der Waals surface area contributed by atoms with Crippen LogP contribution < -0.4 is 0 Å². The number of halogens is 1. The summed E-state index contributed by atoms with van der Waals surface area (Å²) in [5.41, 5.74) is 1.58. The van der Waals surface area contributed by atoms with Crippen LogP contribution in [0.2, 0.25) is 0 Å². The minimum Gasteiger partial charge on any atom is -0.382 e. The highest BCUT2D eigenvalue weighted by molar-refractivity contribution is 9.10. The van der Waals surface area contributed by atoms with Crippen molar-refractivity contribution in [3.63, 3.8) is 0 Å². The van der Waals surface area contributed by atoms with Crippen molar-refractivity contribution in [3.05, 3.63) is 46.5 Å². The summed E-state index contributed by atoms with van der Waals surface area (Å²) in [4.78, 5) is 3.94. The average molecular weight is 296 g/mol. The number of aromatic nitrogens is 3. The molecular formula is C12H14BrN3O. The largest absolute Gasteiger partial charge is 0.382 e. The molecule has 2 aromatic heterocycles. The molecule has 0 aliphatic heterocycles. The lowest BCUT2D eigenvalue weighted by atomic mass is 10.1. The summed E-state index contributed by atoms with van der Waals surface area (Å²) in [5, 5.41) is 14.6. The molecule has 5 heteroatoms. The number of hydrogen-bond acceptors (Lipinski definition) is 3. The van der Waals surface area contributed by atoms with Gasteiger partial charge < -0.3 is 5.11 Å². The Bertz CT molecular complexity index is 496. The molecule has 2 heterocycles. The van der Waals surface area contributed by atoms with Crippen LogP contribution in [-0.2, 0) is 0 Å². The van der Waals surface area contributed by atoms with Crippen LogP contribution >= 0.6 is 15.9 Å². The van der Waals surface area contributed by atoms with Gasteiger partial charge in [-0.2, -0.15) is 5.10 Å². The lowest BCUT2D eigenvalue weighted by Crippen LogP contribution is -2.12. The van der Waals surface area contributed by atoms with Crippen LogP contribution in [0.4, 0.5) is 0 Å². The summed E-state index contributed by atoms with van der Waals surface area (Å²) in [7, 11) is 0. The molecule has 1 unspecified atom stereocenters. The third-order valence-corrected chi connectivity index (χ3v) is 3.17. The van der Waals surface area contributed by atoms with E-state index in [0.29, 0.717) is 0 Å². The number of rotatable bonds is 3. The molecule has 0 saturated carbocycles. The van der Waals surface area contributed by atoms with Crippen molar-refractivity contribution in [2.75, 3.05) is 0 Å². The van der Waals surface area contributed by atoms with Crippen molar-refractivity contribution >= 4 is 15.9 Å². The summed E-state index contributed by atoms with van der Waals surface area (Å²) in [6, 6.07) is 3.80. The highest BCUT2D eigenvalue weighted by Gasteiger charge is 2.20. The minimum absolute atomic E-state index is 0.202. The van der Waals surface area contributed by atoms with Crippen LogP contribution in [-0.4, -0.2) is 19.9 Å². The van der Waals surface area contributed by atoms with Crippen molar-refractivity contribution in [3.8, 4) is 0 Å². The molecule has 4 nitrogen and oxygen atoms in total. The maximum absolute atomic E-state index is 10.4. The first-order chi connectivity index (χ1) is 8.11. The normalized spacial score (nSPS) is 13.0. The van der Waals surface area contributed by atoms with Crippen LogP contribution in [0.3, 0.4) is 0 Å². The summed E-state index contributed by atoms with van der Waals surface area (Å²) < 4.78 is 2.63. The zero-order valence-corrected chi connectivity index (χ0v) is 11.3. The van der Waals surface area contributed by atoms with E-state index in [1.54, 1.807) is 30.7 Å². The van der Waals surface area contributed by atoms with Crippen molar-refractivity contribution in [2.45, 2.75) is 26.0 Å². The molecule has 0 aliphatic rings. The Labute approximate surface area is 108 Å². The van der Waals surface area contributed by atoms with Crippen LogP contribution in [0.1, 0.15) is 37.3 Å². The SMILES string of the molecule is CC(C)n1ncc(Br)c1C(O)c1ccncc1. The van der Waals surface area contributed by atoms with Crippen molar-refractivity contribution in [1.29, 1.82) is 0 Å². The summed E-state index contributed by atoms with van der Waals surface area (Å²) in [5.74, 6) is 0. The first kappa shape index (κ1) is 12.3. The van der Waals surface area contributed by atoms with Gasteiger partial charge in [0.1, 0.15) is 6.10 Å². The number of pyridine rings is 1. The molecule has 0 fully saturated rings. The van der Waals surface area contributed by atoms with Gasteiger partial charge in [0, 0.05) is 18.4 Å². The van der Waals surface area contributed by atoms with E-state index in [0.717, 1.165) is 15.7 Å². The lowest BCUT2D eigenvalue weighted by Gasteiger charge is -2.16. The molecule has 2 rings (SSSR count). The van der Waals surface area contributed by atoms with Gasteiger partial charge in [-0.05, 0) is 47.5 Å². The van der Waals surface area contributed by atoms with Crippen LogP contribution in [0.15, 0.2) is 35.2 Å². The average Bonchev–Trinajstić information content (AvgIpc) is 2.71. The topological polar surface area (TPSA) is 50.9 Å². The molecule has 0 spiro atoms. The highest BCUT2D eigenvalue weighted by atomic mass is 79.9. The van der Waals surface area contributed by atoms with Gasteiger partial charge in [-0.1, -0.05) is 0 Å². The maximum Gasteiger partial charge on any atom is 0.122 e. The maximum atomic E-state index is 10.4. The van der Waals surface area contributed by atoms with Gasteiger partial charge in [-0.3, -0.25) is 9.67 Å². The summed E-state index contributed by atoms with van der Waals surface area (Å²) in [6.07, 6.45) is 4.35. The van der Waals surface area contributed by atoms with E-state index < -0.39 is 6.10 Å². The van der Waals surface area contributed by atoms with E-state index in [1.165, 1.54) is 0 Å². The zero-order valence-electron chi connectivity index (χ0n) is 9.71. The molecule has 1 N–H and O–H groups in total. The fourth-order valence-corrected chi connectivity index (χ4v) is 2.21. The second-order valence-electron chi connectivity index (χ2n) is 4.10. The Balaban J connectivity index is 2.43. The molecule has 1 atom stereocenters. The monoisotopic (exact) mass is 295 g/mol. The summed E-state index contributed by atoms with van der Waals surface area (Å²) in [6.45, 7) is 4.06. The van der Waals surface area contributed by atoms with Gasteiger partial charge in [-0.25, -0.2) is 0 Å². The molecule has 2 aromatic rings. The van der Waals surface area contributed by atoms with Crippen molar-refractivity contribution in [2.24, 2.45) is 0 Å². The molecule has 0 radical (unpaired) electrons. The van der Waals surface area contributed by atoms with Crippen LogP contribution in [0, 0.1) is 0 Å². The van der Waals surface area contributed by atoms with Gasteiger partial charge >= 0.3 is 0 Å². The molecule has 0 aliphatic carbocycles. The van der Waals surface area contributed by atoms with E-state index in [2.05, 4.69) is 26.0 Å². The van der Waals surface area contributed by atoms with Crippen molar-refractivity contribution in [1.82, 2.24) is 14.8 Å². The number of hydrogen-bond donors (Lipinski definition) is 1. The van der Waals surface area contributed by atoms with Gasteiger partial charge in [0.05, 0.1) is 16.4 Å². The minimum atomic E-state index is -0.697. The van der Waals surface area contributed by atoms with E-state index in [1.807, 2.05) is 18.5 Å². The van der Waals surface area contributed by atoms with E-state index in [9.17, 15) is 5.11 Å². The van der Waals surface area contributed by atoms with Gasteiger partial charge in [0.2, 0.25) is 0 Å². The second kappa shape index (κ2) is 4.98. The van der Waals surface area contributed by atoms with Crippen molar-refractivity contribution < 1.29 is 5.11 Å². The lowest BCUT2D eigenvalue weighted by molar-refractivity contribution is 0.204. The molecular weight excluding hydrogens is 282 g/mol. The smallest absolute Gasteiger partial charge is 0.122 e. The van der Waals surface area contributed by atoms with Crippen LogP contribution in [0.25, 0.3) is 0 Å². The van der Waals surface area contributed by atoms with E-state index in [-0.39, 0.29) is 6.04 Å². The van der Waals surface area contributed by atoms with Gasteiger partial charge in [0.25, 0.3) is 0 Å². The van der Waals surface area contributed by atoms with Gasteiger partial charge in [0.15, 0.2) is 0 Å². The quantitative estimate of drug-likeness (QED) is 0.947. The molecule has 0 bridgehead atoms. The molecule has 0 saturated heterocycles. The predicted molar refractivity (Wildman–Crippen MR) is 68.6 cm³/mol. The first-order valence-corrected chi connectivity index (χ1v) is 6.21. The molecule has 0 amide bonds. The highest BCUT2D eigenvalue weighted by Crippen LogP contribution is 2.29. The predicted octanol–water partition coefficient (Wildman–Crippen LogP) is 2.70. The Hall–Kier alpha value is -1.20. The zero-order chi connectivity index (χ0) is 12.4. The van der Waals surface area contributed by atoms with Crippen LogP contribution in [0.5, 0.6) is 0 Å². The van der Waals surface area contributed by atoms with Gasteiger partial charge in [-0.15, -0.1) is 0 Å². The fraction of sp³-hybridized carbons (Fsp3) is 0.333. The number of aliphatic hydroxyl groups is 1. The fourth-order valence-electron chi connectivity index (χ4n) is 1.72. The standard InChI is InChI=1S/C12H14BrN3O/c1-8(2)16-11(10(13)7-15-16)12(17)9-3-5-14-6-4-9/h3-8,12,17H,1-2H3. The van der Waals surface area contributed by atoms with E-state index in [4.69, 9.17) is 0 Å². The molecule has 90 valence electrons. The number of aliphatic hydroxyl groups excluding tert-OH is 1. The molecule has 17 heavy (non-hydrogen) atoms. The summed E-state index contributed by atoms with van der Waals surface area (Å²) >= 11 is 3.42. The third-order valence-electron chi connectivity index (χ3n) is 2.56. The number of nitrogens with zero attached hydrogens (tertiary/aromatic N) is 3. The Morgan fingerprint density at radius 3 is 2.53 bits per heavy atom. The Morgan fingerprint density at radius 2 is 1.94 bits per heavy atom. The second-order valence-corrected chi connectivity index (χ2v) is 4.95. The Kier molecular flexibility index (Phi) is 3.59. The third kappa shape index (κ3) is 2.40.